The number of carbonyl (C=O) groups excluding carboxylic acids is 1. The summed E-state index contributed by atoms with van der Waals surface area (Å²) in [5, 5.41) is 8.50. The van der Waals surface area contributed by atoms with Crippen LogP contribution in [0.2, 0.25) is 0 Å². The van der Waals surface area contributed by atoms with Crippen LogP contribution in [0.1, 0.15) is 32.1 Å². The van der Waals surface area contributed by atoms with Gasteiger partial charge in [-0.05, 0) is 47.6 Å². The monoisotopic (exact) mass is 427 g/mol. The minimum absolute atomic E-state index is 0.143. The molecular weight excluding hydrogens is 409 g/mol. The molecule has 116 valence electrons. The molecule has 0 saturated heterocycles. The SMILES string of the molecule is O=C(Nc1nc(-c2ccc(I)cc2)cs1)NC1CCCCC1. The van der Waals surface area contributed by atoms with Crippen LogP contribution in [0.15, 0.2) is 29.6 Å². The Morgan fingerprint density at radius 1 is 1.18 bits per heavy atom. The van der Waals surface area contributed by atoms with Crippen LogP contribution in [0.25, 0.3) is 11.3 Å². The lowest BCUT2D eigenvalue weighted by Gasteiger charge is -2.22. The minimum atomic E-state index is -0.143. The number of benzene rings is 1. The van der Waals surface area contributed by atoms with Gasteiger partial charge in [-0.15, -0.1) is 11.3 Å². The Balaban J connectivity index is 1.59. The average Bonchev–Trinajstić information content (AvgIpc) is 2.97. The minimum Gasteiger partial charge on any atom is -0.335 e. The molecule has 1 heterocycles. The number of aromatic nitrogens is 1. The Bertz CT molecular complexity index is 635. The zero-order valence-electron chi connectivity index (χ0n) is 12.1. The van der Waals surface area contributed by atoms with E-state index in [2.05, 4.69) is 50.3 Å². The normalized spacial score (nSPS) is 15.5. The van der Waals surface area contributed by atoms with Gasteiger partial charge in [-0.1, -0.05) is 31.4 Å². The quantitative estimate of drug-likeness (QED) is 0.687. The molecule has 2 amide bonds. The summed E-state index contributed by atoms with van der Waals surface area (Å²) in [6.07, 6.45) is 5.86. The van der Waals surface area contributed by atoms with Gasteiger partial charge < -0.3 is 5.32 Å². The molecule has 0 atom stereocenters. The number of nitrogens with one attached hydrogen (secondary N) is 2. The summed E-state index contributed by atoms with van der Waals surface area (Å²) >= 11 is 3.73. The highest BCUT2D eigenvalue weighted by Crippen LogP contribution is 2.25. The van der Waals surface area contributed by atoms with E-state index in [0.717, 1.165) is 24.1 Å². The fraction of sp³-hybridized carbons (Fsp3) is 0.375. The molecule has 0 bridgehead atoms. The van der Waals surface area contributed by atoms with E-state index in [1.54, 1.807) is 0 Å². The first kappa shape index (κ1) is 15.7. The van der Waals surface area contributed by atoms with Crippen molar-refractivity contribution >= 4 is 45.1 Å². The summed E-state index contributed by atoms with van der Waals surface area (Å²) in [5.74, 6) is 0. The third kappa shape index (κ3) is 4.19. The number of thiazole rings is 1. The van der Waals surface area contributed by atoms with Crippen molar-refractivity contribution < 1.29 is 4.79 Å². The third-order valence-corrected chi connectivity index (χ3v) is 5.28. The molecule has 0 aliphatic heterocycles. The Morgan fingerprint density at radius 3 is 2.64 bits per heavy atom. The molecule has 1 aromatic carbocycles. The van der Waals surface area contributed by atoms with Gasteiger partial charge in [0.25, 0.3) is 0 Å². The second kappa shape index (κ2) is 7.41. The highest BCUT2D eigenvalue weighted by Gasteiger charge is 2.16. The fourth-order valence-corrected chi connectivity index (χ4v) is 3.72. The zero-order valence-corrected chi connectivity index (χ0v) is 15.1. The molecule has 22 heavy (non-hydrogen) atoms. The molecule has 2 aromatic rings. The molecule has 1 aromatic heterocycles. The van der Waals surface area contributed by atoms with E-state index in [-0.39, 0.29) is 6.03 Å². The molecule has 1 aliphatic rings. The van der Waals surface area contributed by atoms with Crippen LogP contribution in [0, 0.1) is 3.57 Å². The molecule has 4 nitrogen and oxygen atoms in total. The first-order chi connectivity index (χ1) is 10.7. The van der Waals surface area contributed by atoms with Crippen molar-refractivity contribution in [1.29, 1.82) is 0 Å². The Morgan fingerprint density at radius 2 is 1.91 bits per heavy atom. The van der Waals surface area contributed by atoms with Gasteiger partial charge >= 0.3 is 6.03 Å². The number of rotatable bonds is 3. The molecule has 3 rings (SSSR count). The van der Waals surface area contributed by atoms with Crippen molar-refractivity contribution in [3.63, 3.8) is 0 Å². The highest BCUT2D eigenvalue weighted by molar-refractivity contribution is 14.1. The van der Waals surface area contributed by atoms with Crippen LogP contribution < -0.4 is 10.6 Å². The second-order valence-corrected chi connectivity index (χ2v) is 7.58. The van der Waals surface area contributed by atoms with E-state index in [9.17, 15) is 4.79 Å². The van der Waals surface area contributed by atoms with Gasteiger partial charge in [0.1, 0.15) is 0 Å². The first-order valence-corrected chi connectivity index (χ1v) is 9.45. The summed E-state index contributed by atoms with van der Waals surface area (Å²) in [5.41, 5.74) is 1.96. The van der Waals surface area contributed by atoms with Crippen LogP contribution in [0.4, 0.5) is 9.93 Å². The second-order valence-electron chi connectivity index (χ2n) is 5.48. The maximum Gasteiger partial charge on any atom is 0.321 e. The van der Waals surface area contributed by atoms with Crippen molar-refractivity contribution in [2.75, 3.05) is 5.32 Å². The third-order valence-electron chi connectivity index (χ3n) is 3.81. The first-order valence-electron chi connectivity index (χ1n) is 7.50. The van der Waals surface area contributed by atoms with Crippen LogP contribution in [-0.2, 0) is 0 Å². The van der Waals surface area contributed by atoms with Crippen LogP contribution in [0.5, 0.6) is 0 Å². The predicted octanol–water partition coefficient (Wildman–Crippen LogP) is 4.87. The number of anilines is 1. The zero-order chi connectivity index (χ0) is 15.4. The van der Waals surface area contributed by atoms with E-state index in [4.69, 9.17) is 0 Å². The number of nitrogens with zero attached hydrogens (tertiary/aromatic N) is 1. The van der Waals surface area contributed by atoms with Gasteiger partial charge in [-0.2, -0.15) is 0 Å². The summed E-state index contributed by atoms with van der Waals surface area (Å²) in [4.78, 5) is 16.5. The summed E-state index contributed by atoms with van der Waals surface area (Å²) in [7, 11) is 0. The topological polar surface area (TPSA) is 54.0 Å². The smallest absolute Gasteiger partial charge is 0.321 e. The van der Waals surface area contributed by atoms with Gasteiger partial charge in [0.15, 0.2) is 5.13 Å². The van der Waals surface area contributed by atoms with Gasteiger partial charge in [0, 0.05) is 20.6 Å². The van der Waals surface area contributed by atoms with E-state index in [1.807, 2.05) is 17.5 Å². The molecule has 0 spiro atoms. The average molecular weight is 427 g/mol. The Hall–Kier alpha value is -1.15. The lowest BCUT2D eigenvalue weighted by molar-refractivity contribution is 0.244. The number of amides is 2. The molecule has 1 fully saturated rings. The lowest BCUT2D eigenvalue weighted by atomic mass is 9.96. The van der Waals surface area contributed by atoms with E-state index in [1.165, 1.54) is 34.2 Å². The molecule has 1 saturated carbocycles. The standard InChI is InChI=1S/C16H18IN3OS/c17-12-8-6-11(7-9-12)14-10-22-16(19-14)20-15(21)18-13-4-2-1-3-5-13/h6-10,13H,1-5H2,(H2,18,19,20,21). The summed E-state index contributed by atoms with van der Waals surface area (Å²) < 4.78 is 1.20. The molecule has 0 radical (unpaired) electrons. The Labute approximate surface area is 147 Å². The fourth-order valence-electron chi connectivity index (χ4n) is 2.65. The van der Waals surface area contributed by atoms with Gasteiger partial charge in [0.2, 0.25) is 0 Å². The summed E-state index contributed by atoms with van der Waals surface area (Å²) in [6.45, 7) is 0. The number of carbonyl (C=O) groups is 1. The van der Waals surface area contributed by atoms with Gasteiger partial charge in [0.05, 0.1) is 5.69 Å². The number of urea groups is 1. The number of halogens is 1. The lowest BCUT2D eigenvalue weighted by Crippen LogP contribution is -2.38. The van der Waals surface area contributed by atoms with Crippen molar-refractivity contribution in [1.82, 2.24) is 10.3 Å². The molecule has 6 heteroatoms. The number of hydrogen-bond acceptors (Lipinski definition) is 3. The van der Waals surface area contributed by atoms with E-state index in [0.29, 0.717) is 11.2 Å². The highest BCUT2D eigenvalue weighted by atomic mass is 127. The van der Waals surface area contributed by atoms with Crippen molar-refractivity contribution in [3.8, 4) is 11.3 Å². The van der Waals surface area contributed by atoms with Crippen molar-refractivity contribution in [2.24, 2.45) is 0 Å². The van der Waals surface area contributed by atoms with E-state index < -0.39 is 0 Å². The predicted molar refractivity (Wildman–Crippen MR) is 99.3 cm³/mol. The van der Waals surface area contributed by atoms with Gasteiger partial charge in [-0.25, -0.2) is 9.78 Å². The van der Waals surface area contributed by atoms with Crippen molar-refractivity contribution in [2.45, 2.75) is 38.1 Å². The van der Waals surface area contributed by atoms with Crippen LogP contribution in [0.3, 0.4) is 0 Å². The van der Waals surface area contributed by atoms with E-state index >= 15 is 0 Å². The Kier molecular flexibility index (Phi) is 5.30. The van der Waals surface area contributed by atoms with Crippen LogP contribution in [-0.4, -0.2) is 17.1 Å². The number of hydrogen-bond donors (Lipinski definition) is 2. The molecular formula is C16H18IN3OS. The molecule has 2 N–H and O–H groups in total. The maximum absolute atomic E-state index is 12.0. The molecule has 0 unspecified atom stereocenters. The summed E-state index contributed by atoms with van der Waals surface area (Å²) in [6, 6.07) is 8.36. The molecule has 1 aliphatic carbocycles. The van der Waals surface area contributed by atoms with Crippen molar-refractivity contribution in [3.05, 3.63) is 33.2 Å². The maximum atomic E-state index is 12.0. The van der Waals surface area contributed by atoms with Crippen LogP contribution >= 0.6 is 33.9 Å². The largest absolute Gasteiger partial charge is 0.335 e. The van der Waals surface area contributed by atoms with Gasteiger partial charge in [-0.3, -0.25) is 5.32 Å².